The Morgan fingerprint density at radius 2 is 2.11 bits per heavy atom. The van der Waals surface area contributed by atoms with E-state index in [2.05, 4.69) is 4.90 Å². The molecular weight excluding hydrogens is 242 g/mol. The molecule has 0 aromatic heterocycles. The Labute approximate surface area is 113 Å². The van der Waals surface area contributed by atoms with Crippen LogP contribution in [0.4, 0.5) is 11.4 Å². The summed E-state index contributed by atoms with van der Waals surface area (Å²) in [4.78, 5) is 13.6. The molecule has 0 radical (unpaired) electrons. The van der Waals surface area contributed by atoms with Crippen LogP contribution in [0.1, 0.15) is 30.1 Å². The van der Waals surface area contributed by atoms with Crippen molar-refractivity contribution in [3.63, 3.8) is 0 Å². The van der Waals surface area contributed by atoms with Crippen molar-refractivity contribution < 1.29 is 9.53 Å². The lowest BCUT2D eigenvalue weighted by atomic mass is 10.0. The number of rotatable bonds is 4. The van der Waals surface area contributed by atoms with Crippen molar-refractivity contribution in [1.29, 1.82) is 0 Å². The van der Waals surface area contributed by atoms with Crippen LogP contribution >= 0.6 is 0 Å². The molecule has 1 aromatic rings. The van der Waals surface area contributed by atoms with Crippen molar-refractivity contribution in [3.8, 4) is 0 Å². The van der Waals surface area contributed by atoms with E-state index >= 15 is 0 Å². The number of ether oxygens (including phenoxy) is 1. The van der Waals surface area contributed by atoms with Crippen LogP contribution in [-0.2, 0) is 4.74 Å². The number of nitrogens with zero attached hydrogens (tertiary/aromatic N) is 1. The number of piperidine rings is 1. The van der Waals surface area contributed by atoms with Crippen molar-refractivity contribution in [2.24, 2.45) is 5.73 Å². The van der Waals surface area contributed by atoms with Crippen molar-refractivity contribution in [3.05, 3.63) is 23.8 Å². The molecule has 0 spiro atoms. The van der Waals surface area contributed by atoms with Gasteiger partial charge in [-0.3, -0.25) is 4.79 Å². The van der Waals surface area contributed by atoms with Gasteiger partial charge in [0.05, 0.1) is 23.0 Å². The van der Waals surface area contributed by atoms with Gasteiger partial charge in [-0.2, -0.15) is 0 Å². The van der Waals surface area contributed by atoms with E-state index in [4.69, 9.17) is 16.2 Å². The largest absolute Gasteiger partial charge is 0.397 e. The fraction of sp³-hybridized carbons (Fsp3) is 0.500. The van der Waals surface area contributed by atoms with Crippen LogP contribution in [0, 0.1) is 0 Å². The van der Waals surface area contributed by atoms with Gasteiger partial charge in [-0.05, 0) is 31.9 Å². The second kappa shape index (κ2) is 5.93. The van der Waals surface area contributed by atoms with Crippen molar-refractivity contribution in [2.45, 2.75) is 25.9 Å². The predicted molar refractivity (Wildman–Crippen MR) is 76.2 cm³/mol. The Hall–Kier alpha value is -1.75. The first-order chi connectivity index (χ1) is 9.13. The fourth-order valence-electron chi connectivity index (χ4n) is 2.59. The van der Waals surface area contributed by atoms with E-state index in [0.717, 1.165) is 38.2 Å². The molecule has 0 atom stereocenters. The maximum absolute atomic E-state index is 11.5. The minimum atomic E-state index is -0.436. The lowest BCUT2D eigenvalue weighted by Crippen LogP contribution is -2.38. The highest BCUT2D eigenvalue weighted by molar-refractivity contribution is 6.01. The average Bonchev–Trinajstić information content (AvgIpc) is 2.40. The van der Waals surface area contributed by atoms with Crippen LogP contribution in [-0.4, -0.2) is 31.7 Å². The van der Waals surface area contributed by atoms with Gasteiger partial charge < -0.3 is 21.1 Å². The lowest BCUT2D eigenvalue weighted by Gasteiger charge is -2.34. The van der Waals surface area contributed by atoms with Crippen LogP contribution < -0.4 is 16.4 Å². The molecule has 5 heteroatoms. The molecular formula is C14H21N3O2. The van der Waals surface area contributed by atoms with Gasteiger partial charge in [0, 0.05) is 19.7 Å². The first-order valence-corrected chi connectivity index (χ1v) is 6.68. The molecule has 1 aliphatic heterocycles. The zero-order chi connectivity index (χ0) is 13.8. The van der Waals surface area contributed by atoms with Crippen LogP contribution in [0.15, 0.2) is 18.2 Å². The lowest BCUT2D eigenvalue weighted by molar-refractivity contribution is 0.0459. The summed E-state index contributed by atoms with van der Waals surface area (Å²) in [6, 6.07) is 5.28. The molecule has 0 saturated carbocycles. The Balaban J connectivity index is 2.17. The topological polar surface area (TPSA) is 81.6 Å². The minimum absolute atomic E-state index is 0.309. The number of nitrogen functional groups attached to an aromatic ring is 1. The van der Waals surface area contributed by atoms with Gasteiger partial charge >= 0.3 is 0 Å². The smallest absolute Gasteiger partial charge is 0.250 e. The van der Waals surface area contributed by atoms with E-state index in [1.165, 1.54) is 0 Å². The maximum atomic E-state index is 11.5. The Morgan fingerprint density at radius 1 is 1.42 bits per heavy atom. The number of nitrogens with two attached hydrogens (primary N) is 2. The Morgan fingerprint density at radius 3 is 2.68 bits per heavy atom. The molecule has 0 aliphatic carbocycles. The second-order valence-electron chi connectivity index (χ2n) is 4.75. The number of hydrogen-bond donors (Lipinski definition) is 2. The molecule has 1 heterocycles. The summed E-state index contributed by atoms with van der Waals surface area (Å²) in [7, 11) is 0. The maximum Gasteiger partial charge on any atom is 0.250 e. The van der Waals surface area contributed by atoms with E-state index in [9.17, 15) is 4.79 Å². The van der Waals surface area contributed by atoms with Crippen LogP contribution in [0.5, 0.6) is 0 Å². The van der Waals surface area contributed by atoms with E-state index < -0.39 is 5.91 Å². The van der Waals surface area contributed by atoms with Gasteiger partial charge in [0.25, 0.3) is 5.91 Å². The summed E-state index contributed by atoms with van der Waals surface area (Å²) in [6.45, 7) is 4.41. The minimum Gasteiger partial charge on any atom is -0.397 e. The molecule has 104 valence electrons. The normalized spacial score (nSPS) is 16.6. The van der Waals surface area contributed by atoms with Crippen LogP contribution in [0.2, 0.25) is 0 Å². The van der Waals surface area contributed by atoms with Crippen molar-refractivity contribution in [2.75, 3.05) is 30.3 Å². The van der Waals surface area contributed by atoms with E-state index in [1.54, 1.807) is 18.2 Å². The molecule has 19 heavy (non-hydrogen) atoms. The third-order valence-corrected chi connectivity index (χ3v) is 3.49. The highest BCUT2D eigenvalue weighted by Crippen LogP contribution is 2.30. The second-order valence-corrected chi connectivity index (χ2v) is 4.75. The number of hydrogen-bond acceptors (Lipinski definition) is 4. The SMILES string of the molecule is CCOC1CCN(c2c(N)cccc2C(N)=O)CC1. The summed E-state index contributed by atoms with van der Waals surface area (Å²) < 4.78 is 5.63. The van der Waals surface area contributed by atoms with Gasteiger partial charge in [-0.1, -0.05) is 6.07 Å². The van der Waals surface area contributed by atoms with Crippen LogP contribution in [0.3, 0.4) is 0 Å². The van der Waals surface area contributed by atoms with E-state index in [0.29, 0.717) is 17.4 Å². The predicted octanol–water partition coefficient (Wildman–Crippen LogP) is 1.37. The highest BCUT2D eigenvalue weighted by Gasteiger charge is 2.23. The number of para-hydroxylation sites is 1. The highest BCUT2D eigenvalue weighted by atomic mass is 16.5. The summed E-state index contributed by atoms with van der Waals surface area (Å²) in [5, 5.41) is 0. The first kappa shape index (κ1) is 13.7. The quantitative estimate of drug-likeness (QED) is 0.804. The number of carbonyl (C=O) groups is 1. The average molecular weight is 263 g/mol. The van der Waals surface area contributed by atoms with Gasteiger partial charge in [0.15, 0.2) is 0 Å². The first-order valence-electron chi connectivity index (χ1n) is 6.68. The van der Waals surface area contributed by atoms with Gasteiger partial charge in [-0.25, -0.2) is 0 Å². The molecule has 1 aliphatic rings. The number of primary amides is 1. The standard InChI is InChI=1S/C14H21N3O2/c1-2-19-10-6-8-17(9-7-10)13-11(14(16)18)4-3-5-12(13)15/h3-5,10H,2,6-9,15H2,1H3,(H2,16,18). The molecule has 2 rings (SSSR count). The van der Waals surface area contributed by atoms with Crippen LogP contribution in [0.25, 0.3) is 0 Å². The van der Waals surface area contributed by atoms with Gasteiger partial charge in [0.2, 0.25) is 0 Å². The Kier molecular flexibility index (Phi) is 4.27. The fourth-order valence-corrected chi connectivity index (χ4v) is 2.59. The van der Waals surface area contributed by atoms with E-state index in [-0.39, 0.29) is 0 Å². The summed E-state index contributed by atoms with van der Waals surface area (Å²) in [6.07, 6.45) is 2.20. The molecule has 1 fully saturated rings. The van der Waals surface area contributed by atoms with Crippen molar-refractivity contribution in [1.82, 2.24) is 0 Å². The molecule has 4 N–H and O–H groups in total. The Bertz CT molecular complexity index is 454. The monoisotopic (exact) mass is 263 g/mol. The third-order valence-electron chi connectivity index (χ3n) is 3.49. The summed E-state index contributed by atoms with van der Waals surface area (Å²) in [5.41, 5.74) is 13.3. The number of amides is 1. The van der Waals surface area contributed by atoms with Gasteiger partial charge in [-0.15, -0.1) is 0 Å². The number of carbonyl (C=O) groups excluding carboxylic acids is 1. The summed E-state index contributed by atoms with van der Waals surface area (Å²) in [5.74, 6) is -0.436. The molecule has 1 amide bonds. The molecule has 0 unspecified atom stereocenters. The van der Waals surface area contributed by atoms with Crippen molar-refractivity contribution >= 4 is 17.3 Å². The molecule has 1 aromatic carbocycles. The number of benzene rings is 1. The molecule has 5 nitrogen and oxygen atoms in total. The summed E-state index contributed by atoms with van der Waals surface area (Å²) >= 11 is 0. The van der Waals surface area contributed by atoms with Gasteiger partial charge in [0.1, 0.15) is 0 Å². The zero-order valence-corrected chi connectivity index (χ0v) is 11.3. The number of anilines is 2. The molecule has 1 saturated heterocycles. The third kappa shape index (κ3) is 2.98. The molecule has 0 bridgehead atoms. The van der Waals surface area contributed by atoms with E-state index in [1.807, 2.05) is 6.92 Å². The zero-order valence-electron chi connectivity index (χ0n) is 11.3.